The zero-order valence-electron chi connectivity index (χ0n) is 20.5. The summed E-state index contributed by atoms with van der Waals surface area (Å²) >= 11 is 1.25. The maximum atomic E-state index is 12.7. The highest BCUT2D eigenvalue weighted by Crippen LogP contribution is 2.30. The number of rotatable bonds is 8. The number of amidine groups is 2. The maximum Gasteiger partial charge on any atom is 0.283 e. The minimum atomic E-state index is -0.462. The topological polar surface area (TPSA) is 100 Å². The SMILES string of the molecule is Cc1cccc(OCCCOc2ccc(/C=C3/C(=N)N4N=C(c5cccnc5)SC4=NC3=O)cc2)c1C. The Balaban J connectivity index is 1.18. The summed E-state index contributed by atoms with van der Waals surface area (Å²) in [6.07, 6.45) is 5.77. The Morgan fingerprint density at radius 2 is 1.84 bits per heavy atom. The maximum absolute atomic E-state index is 12.7. The van der Waals surface area contributed by atoms with E-state index in [4.69, 9.17) is 14.9 Å². The van der Waals surface area contributed by atoms with Crippen LogP contribution in [-0.2, 0) is 4.79 Å². The van der Waals surface area contributed by atoms with Crippen LogP contribution in [0.15, 0.2) is 82.7 Å². The van der Waals surface area contributed by atoms with E-state index in [1.54, 1.807) is 18.5 Å². The smallest absolute Gasteiger partial charge is 0.283 e. The minimum absolute atomic E-state index is 0.00874. The van der Waals surface area contributed by atoms with Gasteiger partial charge < -0.3 is 9.47 Å². The van der Waals surface area contributed by atoms with Gasteiger partial charge >= 0.3 is 0 Å². The lowest BCUT2D eigenvalue weighted by atomic mass is 10.1. The van der Waals surface area contributed by atoms with E-state index in [9.17, 15) is 4.79 Å². The minimum Gasteiger partial charge on any atom is -0.493 e. The quantitative estimate of drug-likeness (QED) is 0.329. The molecule has 2 aliphatic rings. The van der Waals surface area contributed by atoms with Gasteiger partial charge in [0.15, 0.2) is 5.84 Å². The molecular formula is C28H25N5O3S. The summed E-state index contributed by atoms with van der Waals surface area (Å²) in [5.41, 5.74) is 4.12. The second kappa shape index (κ2) is 10.8. The molecule has 0 unspecified atom stereocenters. The molecule has 1 amide bonds. The van der Waals surface area contributed by atoms with E-state index < -0.39 is 5.91 Å². The van der Waals surface area contributed by atoms with Crippen molar-refractivity contribution < 1.29 is 14.3 Å². The Bertz CT molecular complexity index is 1430. The van der Waals surface area contributed by atoms with Crippen LogP contribution in [0, 0.1) is 19.3 Å². The molecule has 0 atom stereocenters. The van der Waals surface area contributed by atoms with Crippen LogP contribution in [0.1, 0.15) is 28.7 Å². The highest BCUT2D eigenvalue weighted by atomic mass is 32.2. The van der Waals surface area contributed by atoms with E-state index in [-0.39, 0.29) is 11.4 Å². The average Bonchev–Trinajstić information content (AvgIpc) is 3.34. The molecule has 0 saturated heterocycles. The first kappa shape index (κ1) is 24.5. The normalized spacial score (nSPS) is 15.9. The number of aryl methyl sites for hydroxylation is 1. The summed E-state index contributed by atoms with van der Waals surface area (Å²) in [5, 5.41) is 15.4. The van der Waals surface area contributed by atoms with Gasteiger partial charge in [0.25, 0.3) is 5.91 Å². The van der Waals surface area contributed by atoms with Crippen molar-refractivity contribution in [2.75, 3.05) is 13.2 Å². The third-order valence-corrected chi connectivity index (χ3v) is 6.88. The summed E-state index contributed by atoms with van der Waals surface area (Å²) in [6.45, 7) is 5.22. The van der Waals surface area contributed by atoms with Crippen LogP contribution in [0.3, 0.4) is 0 Å². The van der Waals surface area contributed by atoms with Crippen LogP contribution in [0.2, 0.25) is 0 Å². The van der Waals surface area contributed by atoms with Crippen LogP contribution in [0.4, 0.5) is 0 Å². The zero-order chi connectivity index (χ0) is 25.8. The van der Waals surface area contributed by atoms with Crippen LogP contribution < -0.4 is 9.47 Å². The van der Waals surface area contributed by atoms with Gasteiger partial charge in [0, 0.05) is 24.4 Å². The number of thioether (sulfide) groups is 1. The van der Waals surface area contributed by atoms with E-state index in [0.717, 1.165) is 34.6 Å². The van der Waals surface area contributed by atoms with E-state index in [0.29, 0.717) is 23.4 Å². The molecule has 8 nitrogen and oxygen atoms in total. The number of carbonyl (C=O) groups excluding carboxylic acids is 1. The van der Waals surface area contributed by atoms with Crippen LogP contribution in [-0.4, -0.2) is 45.2 Å². The molecule has 0 bridgehead atoms. The van der Waals surface area contributed by atoms with Gasteiger partial charge in [-0.1, -0.05) is 24.3 Å². The van der Waals surface area contributed by atoms with Gasteiger partial charge in [0.05, 0.1) is 18.8 Å². The molecule has 1 N–H and O–H groups in total. The largest absolute Gasteiger partial charge is 0.493 e. The molecule has 0 spiro atoms. The number of hydrogen-bond acceptors (Lipinski definition) is 7. The number of aromatic nitrogens is 1. The second-order valence-corrected chi connectivity index (χ2v) is 9.44. The monoisotopic (exact) mass is 511 g/mol. The van der Waals surface area contributed by atoms with Crippen molar-refractivity contribution in [2.24, 2.45) is 10.1 Å². The Labute approximate surface area is 219 Å². The number of hydrogen-bond donors (Lipinski definition) is 1. The average molecular weight is 512 g/mol. The summed E-state index contributed by atoms with van der Waals surface area (Å²) in [6, 6.07) is 17.1. The Hall–Kier alpha value is -4.24. The fourth-order valence-corrected chi connectivity index (χ4v) is 4.62. The van der Waals surface area contributed by atoms with Crippen LogP contribution in [0.25, 0.3) is 6.08 Å². The van der Waals surface area contributed by atoms with Crippen molar-refractivity contribution in [3.05, 3.63) is 94.8 Å². The molecule has 2 aromatic carbocycles. The number of benzene rings is 2. The summed E-state index contributed by atoms with van der Waals surface area (Å²) in [4.78, 5) is 20.9. The molecular weight excluding hydrogens is 486 g/mol. The third-order valence-electron chi connectivity index (χ3n) is 5.92. The Kier molecular flexibility index (Phi) is 7.14. The third kappa shape index (κ3) is 5.46. The van der Waals surface area contributed by atoms with Gasteiger partial charge in [0.2, 0.25) is 5.17 Å². The first-order valence-electron chi connectivity index (χ1n) is 11.8. The van der Waals surface area contributed by atoms with Gasteiger partial charge in [0.1, 0.15) is 16.5 Å². The molecule has 9 heteroatoms. The second-order valence-electron chi connectivity index (χ2n) is 8.48. The molecule has 5 rings (SSSR count). The van der Waals surface area contributed by atoms with Gasteiger partial charge in [-0.15, -0.1) is 0 Å². The molecule has 37 heavy (non-hydrogen) atoms. The number of hydrazone groups is 1. The number of aliphatic imine (C=N–C) groups is 1. The number of carbonyl (C=O) groups is 1. The van der Waals surface area contributed by atoms with Crippen molar-refractivity contribution in [3.63, 3.8) is 0 Å². The van der Waals surface area contributed by atoms with E-state index in [1.807, 2.05) is 48.5 Å². The Morgan fingerprint density at radius 3 is 2.62 bits per heavy atom. The van der Waals surface area contributed by atoms with Crippen molar-refractivity contribution in [3.8, 4) is 11.5 Å². The van der Waals surface area contributed by atoms with Crippen molar-refractivity contribution in [1.29, 1.82) is 5.41 Å². The van der Waals surface area contributed by atoms with E-state index >= 15 is 0 Å². The number of nitrogens with one attached hydrogen (secondary N) is 1. The molecule has 0 saturated carbocycles. The fourth-order valence-electron chi connectivity index (χ4n) is 3.74. The highest BCUT2D eigenvalue weighted by molar-refractivity contribution is 8.27. The number of ether oxygens (including phenoxy) is 2. The highest BCUT2D eigenvalue weighted by Gasteiger charge is 2.36. The molecule has 3 aromatic rings. The lowest BCUT2D eigenvalue weighted by Crippen LogP contribution is -2.35. The molecule has 0 fully saturated rings. The van der Waals surface area contributed by atoms with Crippen molar-refractivity contribution in [2.45, 2.75) is 20.3 Å². The van der Waals surface area contributed by atoms with Gasteiger partial charge in [-0.3, -0.25) is 15.2 Å². The predicted molar refractivity (Wildman–Crippen MR) is 146 cm³/mol. The predicted octanol–water partition coefficient (Wildman–Crippen LogP) is 5.21. The lowest BCUT2D eigenvalue weighted by molar-refractivity contribution is -0.114. The number of nitrogens with zero attached hydrogens (tertiary/aromatic N) is 4. The zero-order valence-corrected chi connectivity index (χ0v) is 21.3. The molecule has 3 heterocycles. The van der Waals surface area contributed by atoms with Crippen LogP contribution >= 0.6 is 11.8 Å². The van der Waals surface area contributed by atoms with Crippen LogP contribution in [0.5, 0.6) is 11.5 Å². The Morgan fingerprint density at radius 1 is 1.03 bits per heavy atom. The summed E-state index contributed by atoms with van der Waals surface area (Å²) < 4.78 is 11.7. The molecule has 2 aliphatic heterocycles. The molecule has 1 aromatic heterocycles. The van der Waals surface area contributed by atoms with E-state index in [2.05, 4.69) is 35.0 Å². The van der Waals surface area contributed by atoms with Gasteiger partial charge in [-0.05, 0) is 78.7 Å². The van der Waals surface area contributed by atoms with Crippen molar-refractivity contribution >= 4 is 39.8 Å². The molecule has 0 aliphatic carbocycles. The first-order chi connectivity index (χ1) is 18.0. The number of fused-ring (bicyclic) bond motifs is 1. The fraction of sp³-hybridized carbons (Fsp3) is 0.179. The standard InChI is InChI=1S/C28H25N5O3S/c1-18-6-3-8-24(19(18)2)36-15-5-14-35-22-11-9-20(10-12-22)16-23-25(29)33-28(31-26(23)34)37-27(32-33)21-7-4-13-30-17-21/h3-4,6-13,16-17,29H,5,14-15H2,1-2H3/b23-16-,29-25?. The first-order valence-corrected chi connectivity index (χ1v) is 12.6. The lowest BCUT2D eigenvalue weighted by Gasteiger charge is -2.20. The summed E-state index contributed by atoms with van der Waals surface area (Å²) in [7, 11) is 0. The molecule has 0 radical (unpaired) electrons. The van der Waals surface area contributed by atoms with E-state index in [1.165, 1.54) is 22.3 Å². The number of amides is 1. The van der Waals surface area contributed by atoms with Gasteiger partial charge in [-0.25, -0.2) is 0 Å². The summed E-state index contributed by atoms with van der Waals surface area (Å²) in [5.74, 6) is 1.16. The molecule has 186 valence electrons. The van der Waals surface area contributed by atoms with Gasteiger partial charge in [-0.2, -0.15) is 15.1 Å². The van der Waals surface area contributed by atoms with Crippen molar-refractivity contribution in [1.82, 2.24) is 9.99 Å². The number of pyridine rings is 1.